The molecular weight excluding hydrogens is 380 g/mol. The Hall–Kier alpha value is -3.17. The number of benzene rings is 3. The molecular formula is C25H21ClN2O. The Morgan fingerprint density at radius 2 is 1.72 bits per heavy atom. The molecule has 0 radical (unpaired) electrons. The van der Waals surface area contributed by atoms with Crippen LogP contribution in [0.4, 0.5) is 0 Å². The van der Waals surface area contributed by atoms with Crippen molar-refractivity contribution < 1.29 is 4.79 Å². The number of amides is 1. The van der Waals surface area contributed by atoms with Gasteiger partial charge >= 0.3 is 0 Å². The molecule has 0 atom stereocenters. The van der Waals surface area contributed by atoms with Crippen molar-refractivity contribution in [3.63, 3.8) is 0 Å². The van der Waals surface area contributed by atoms with E-state index < -0.39 is 0 Å². The van der Waals surface area contributed by atoms with Crippen molar-refractivity contribution in [1.29, 1.82) is 0 Å². The van der Waals surface area contributed by atoms with E-state index in [-0.39, 0.29) is 5.91 Å². The van der Waals surface area contributed by atoms with Gasteiger partial charge in [0.2, 0.25) is 0 Å². The van der Waals surface area contributed by atoms with E-state index >= 15 is 0 Å². The van der Waals surface area contributed by atoms with Gasteiger partial charge in [-0.2, -0.15) is 0 Å². The van der Waals surface area contributed by atoms with Crippen molar-refractivity contribution in [3.8, 4) is 11.3 Å². The first-order valence-electron chi connectivity index (χ1n) is 9.60. The summed E-state index contributed by atoms with van der Waals surface area (Å²) < 4.78 is 0. The van der Waals surface area contributed by atoms with E-state index in [9.17, 15) is 4.79 Å². The monoisotopic (exact) mass is 400 g/mol. The van der Waals surface area contributed by atoms with Gasteiger partial charge in [0.15, 0.2) is 0 Å². The van der Waals surface area contributed by atoms with Gasteiger partial charge in [-0.05, 0) is 43.2 Å². The Balaban J connectivity index is 1.68. The number of nitrogens with zero attached hydrogens (tertiary/aromatic N) is 1. The molecule has 3 aromatic carbocycles. The molecule has 144 valence electrons. The molecule has 29 heavy (non-hydrogen) atoms. The number of aryl methyl sites for hydroxylation is 1. The molecule has 0 unspecified atom stereocenters. The normalized spacial score (nSPS) is 10.8. The number of pyridine rings is 1. The number of hydrogen-bond donors (Lipinski definition) is 1. The summed E-state index contributed by atoms with van der Waals surface area (Å²) in [6, 6.07) is 25.5. The Bertz CT molecular complexity index is 1170. The number of carbonyl (C=O) groups excluding carboxylic acids is 1. The Morgan fingerprint density at radius 3 is 2.52 bits per heavy atom. The molecule has 0 fully saturated rings. The third-order valence-electron chi connectivity index (χ3n) is 4.90. The average molecular weight is 401 g/mol. The molecule has 0 aliphatic carbocycles. The van der Waals surface area contributed by atoms with Crippen molar-refractivity contribution >= 4 is 28.4 Å². The molecule has 0 aliphatic heterocycles. The predicted octanol–water partition coefficient (Wildman–Crippen LogP) is 5.84. The Labute approximate surface area is 175 Å². The summed E-state index contributed by atoms with van der Waals surface area (Å²) in [5, 5.41) is 4.51. The number of rotatable bonds is 5. The van der Waals surface area contributed by atoms with Gasteiger partial charge < -0.3 is 5.32 Å². The van der Waals surface area contributed by atoms with Crippen LogP contribution in [0, 0.1) is 6.92 Å². The first-order valence-corrected chi connectivity index (χ1v) is 9.98. The summed E-state index contributed by atoms with van der Waals surface area (Å²) in [6.45, 7) is 2.58. The summed E-state index contributed by atoms with van der Waals surface area (Å²) in [4.78, 5) is 17.8. The zero-order valence-electron chi connectivity index (χ0n) is 16.2. The van der Waals surface area contributed by atoms with Crippen molar-refractivity contribution in [1.82, 2.24) is 10.3 Å². The number of hydrogen-bond acceptors (Lipinski definition) is 2. The lowest BCUT2D eigenvalue weighted by Gasteiger charge is -2.12. The van der Waals surface area contributed by atoms with Crippen LogP contribution in [0.3, 0.4) is 0 Å². The second-order valence-corrected chi connectivity index (χ2v) is 7.45. The van der Waals surface area contributed by atoms with E-state index in [1.165, 1.54) is 5.56 Å². The molecule has 0 saturated carbocycles. The number of aromatic nitrogens is 1. The molecule has 0 saturated heterocycles. The Kier molecular flexibility index (Phi) is 5.59. The summed E-state index contributed by atoms with van der Waals surface area (Å²) in [5.74, 6) is -0.104. The van der Waals surface area contributed by atoms with Crippen LogP contribution < -0.4 is 5.32 Å². The topological polar surface area (TPSA) is 42.0 Å². The van der Waals surface area contributed by atoms with Gasteiger partial charge in [-0.1, -0.05) is 71.8 Å². The highest BCUT2D eigenvalue weighted by Crippen LogP contribution is 2.30. The quantitative estimate of drug-likeness (QED) is 0.457. The van der Waals surface area contributed by atoms with Crippen LogP contribution in [0.25, 0.3) is 22.2 Å². The van der Waals surface area contributed by atoms with Gasteiger partial charge in [0.05, 0.1) is 16.8 Å². The molecule has 1 heterocycles. The van der Waals surface area contributed by atoms with E-state index in [4.69, 9.17) is 16.6 Å². The van der Waals surface area contributed by atoms with Gasteiger partial charge in [0.1, 0.15) is 0 Å². The van der Waals surface area contributed by atoms with Gasteiger partial charge in [-0.3, -0.25) is 4.79 Å². The maximum Gasteiger partial charge on any atom is 0.252 e. The smallest absolute Gasteiger partial charge is 0.252 e. The van der Waals surface area contributed by atoms with Crippen LogP contribution in [0.5, 0.6) is 0 Å². The lowest BCUT2D eigenvalue weighted by molar-refractivity contribution is 0.0956. The van der Waals surface area contributed by atoms with Gasteiger partial charge in [-0.15, -0.1) is 0 Å². The van der Waals surface area contributed by atoms with Crippen molar-refractivity contribution in [2.24, 2.45) is 0 Å². The highest BCUT2D eigenvalue weighted by Gasteiger charge is 2.15. The molecule has 0 spiro atoms. The number of nitrogens with one attached hydrogen (secondary N) is 1. The summed E-state index contributed by atoms with van der Waals surface area (Å²) in [5.41, 5.74) is 5.18. The second-order valence-electron chi connectivity index (χ2n) is 7.05. The first kappa shape index (κ1) is 19.2. The molecule has 0 bridgehead atoms. The largest absolute Gasteiger partial charge is 0.352 e. The van der Waals surface area contributed by atoms with Crippen LogP contribution in [0.2, 0.25) is 5.02 Å². The standard InChI is InChI=1S/C25H21ClN2O/c1-17-11-12-23-20(15-17)21(16-24(28-23)19-9-5-6-10-22(19)26)25(29)27-14-13-18-7-3-2-4-8-18/h2-12,15-16H,13-14H2,1H3,(H,27,29). The average Bonchev–Trinajstić information content (AvgIpc) is 2.74. The Morgan fingerprint density at radius 1 is 0.966 bits per heavy atom. The summed E-state index contributed by atoms with van der Waals surface area (Å²) in [6.07, 6.45) is 0.784. The van der Waals surface area contributed by atoms with E-state index in [0.717, 1.165) is 28.5 Å². The molecule has 1 amide bonds. The van der Waals surface area contributed by atoms with E-state index in [1.54, 1.807) is 0 Å². The van der Waals surface area contributed by atoms with Crippen LogP contribution in [0.1, 0.15) is 21.5 Å². The maximum atomic E-state index is 13.1. The minimum atomic E-state index is -0.104. The third-order valence-corrected chi connectivity index (χ3v) is 5.23. The van der Waals surface area contributed by atoms with Crippen molar-refractivity contribution in [3.05, 3.63) is 101 Å². The summed E-state index contributed by atoms with van der Waals surface area (Å²) in [7, 11) is 0. The molecule has 4 heteroatoms. The molecule has 0 aliphatic rings. The minimum absolute atomic E-state index is 0.104. The second kappa shape index (κ2) is 8.46. The molecule has 1 N–H and O–H groups in total. The SMILES string of the molecule is Cc1ccc2nc(-c3ccccc3Cl)cc(C(=O)NCCc3ccccc3)c2c1. The van der Waals surface area contributed by atoms with Crippen LogP contribution in [0.15, 0.2) is 78.9 Å². The zero-order chi connectivity index (χ0) is 20.2. The fourth-order valence-corrected chi connectivity index (χ4v) is 3.63. The van der Waals surface area contributed by atoms with E-state index in [2.05, 4.69) is 17.4 Å². The highest BCUT2D eigenvalue weighted by molar-refractivity contribution is 6.33. The fraction of sp³-hybridized carbons (Fsp3) is 0.120. The number of carbonyl (C=O) groups is 1. The van der Waals surface area contributed by atoms with Crippen molar-refractivity contribution in [2.45, 2.75) is 13.3 Å². The van der Waals surface area contributed by atoms with Crippen LogP contribution >= 0.6 is 11.6 Å². The fourth-order valence-electron chi connectivity index (χ4n) is 3.39. The molecule has 1 aromatic heterocycles. The zero-order valence-corrected chi connectivity index (χ0v) is 16.9. The lowest BCUT2D eigenvalue weighted by atomic mass is 10.0. The highest BCUT2D eigenvalue weighted by atomic mass is 35.5. The number of fused-ring (bicyclic) bond motifs is 1. The van der Waals surface area contributed by atoms with E-state index in [0.29, 0.717) is 22.8 Å². The van der Waals surface area contributed by atoms with Gasteiger partial charge in [0.25, 0.3) is 5.91 Å². The lowest BCUT2D eigenvalue weighted by Crippen LogP contribution is -2.26. The summed E-state index contributed by atoms with van der Waals surface area (Å²) >= 11 is 6.38. The van der Waals surface area contributed by atoms with Crippen molar-refractivity contribution in [2.75, 3.05) is 6.54 Å². The van der Waals surface area contributed by atoms with Crippen LogP contribution in [-0.2, 0) is 6.42 Å². The van der Waals surface area contributed by atoms with Gasteiger partial charge in [0, 0.05) is 22.5 Å². The van der Waals surface area contributed by atoms with Gasteiger partial charge in [-0.25, -0.2) is 4.98 Å². The van der Waals surface area contributed by atoms with E-state index in [1.807, 2.05) is 73.7 Å². The predicted molar refractivity (Wildman–Crippen MR) is 119 cm³/mol. The first-order chi connectivity index (χ1) is 14.1. The number of halogens is 1. The maximum absolute atomic E-state index is 13.1. The minimum Gasteiger partial charge on any atom is -0.352 e. The third kappa shape index (κ3) is 4.30. The molecule has 4 aromatic rings. The van der Waals surface area contributed by atoms with Crippen LogP contribution in [-0.4, -0.2) is 17.4 Å². The molecule has 3 nitrogen and oxygen atoms in total. The molecule has 4 rings (SSSR count).